The lowest BCUT2D eigenvalue weighted by Gasteiger charge is -2.33. The Kier molecular flexibility index (Phi) is 4.78. The lowest BCUT2D eigenvalue weighted by molar-refractivity contribution is -0.150. The fraction of sp³-hybridized carbons (Fsp3) is 0.500. The standard InChI is InChI=1S/C20H23N3O5/c24-17(23-14-7-3-1-5-12(14)11-16(23)19(26)27)9-10-22-15-8-4-2-6-13(15)18(25)21-20(22)28/h2,4,6,8,12,14,16H,1,3,5,7,9-11H2,(H,26,27)(H,21,25,28). The summed E-state index contributed by atoms with van der Waals surface area (Å²) < 4.78 is 1.37. The van der Waals surface area contributed by atoms with Crippen molar-refractivity contribution in [2.24, 2.45) is 5.92 Å². The Bertz CT molecular complexity index is 1040. The van der Waals surface area contributed by atoms with Gasteiger partial charge in [0.05, 0.1) is 10.9 Å². The van der Waals surface area contributed by atoms with Crippen LogP contribution in [0, 0.1) is 5.92 Å². The Labute approximate surface area is 160 Å². The molecule has 1 saturated carbocycles. The molecule has 4 rings (SSSR count). The number of carboxylic acids is 1. The van der Waals surface area contributed by atoms with Crippen molar-refractivity contribution in [2.45, 2.75) is 57.2 Å². The van der Waals surface area contributed by atoms with Gasteiger partial charge in [0.15, 0.2) is 0 Å². The fourth-order valence-corrected chi connectivity index (χ4v) is 4.84. The summed E-state index contributed by atoms with van der Waals surface area (Å²) in [7, 11) is 0. The molecule has 8 nitrogen and oxygen atoms in total. The normalized spacial score (nSPS) is 24.3. The smallest absolute Gasteiger partial charge is 0.328 e. The van der Waals surface area contributed by atoms with Crippen molar-refractivity contribution in [3.05, 3.63) is 45.1 Å². The molecule has 0 bridgehead atoms. The molecule has 2 N–H and O–H groups in total. The number of benzene rings is 1. The van der Waals surface area contributed by atoms with Crippen molar-refractivity contribution in [3.63, 3.8) is 0 Å². The van der Waals surface area contributed by atoms with Gasteiger partial charge in [0.25, 0.3) is 5.56 Å². The second kappa shape index (κ2) is 7.26. The SMILES string of the molecule is O=C(O)C1CC2CCCCC2N1C(=O)CCn1c(=O)[nH]c(=O)c2ccccc21. The Hall–Kier alpha value is -2.90. The summed E-state index contributed by atoms with van der Waals surface area (Å²) in [4.78, 5) is 52.8. The minimum absolute atomic E-state index is 0.0168. The molecule has 0 spiro atoms. The number of aromatic nitrogens is 2. The van der Waals surface area contributed by atoms with Gasteiger partial charge in [-0.3, -0.25) is 19.1 Å². The molecule has 1 aliphatic carbocycles. The topological polar surface area (TPSA) is 112 Å². The average Bonchev–Trinajstić information content (AvgIpc) is 3.07. The number of H-pyrrole nitrogens is 1. The lowest BCUT2D eigenvalue weighted by Crippen LogP contribution is -2.46. The number of aromatic amines is 1. The van der Waals surface area contributed by atoms with Gasteiger partial charge in [-0.25, -0.2) is 9.59 Å². The first-order valence-electron chi connectivity index (χ1n) is 9.73. The molecule has 8 heteroatoms. The monoisotopic (exact) mass is 385 g/mol. The van der Waals surface area contributed by atoms with Gasteiger partial charge in [0, 0.05) is 19.0 Å². The van der Waals surface area contributed by atoms with Crippen molar-refractivity contribution in [1.82, 2.24) is 14.5 Å². The van der Waals surface area contributed by atoms with Crippen LogP contribution in [-0.4, -0.2) is 43.5 Å². The molecular weight excluding hydrogens is 362 g/mol. The first-order chi connectivity index (χ1) is 13.5. The molecule has 28 heavy (non-hydrogen) atoms. The van der Waals surface area contributed by atoms with E-state index in [9.17, 15) is 24.3 Å². The number of aryl methyl sites for hydroxylation is 1. The minimum Gasteiger partial charge on any atom is -0.480 e. The number of fused-ring (bicyclic) bond motifs is 2. The number of hydrogen-bond acceptors (Lipinski definition) is 4. The Morgan fingerprint density at radius 1 is 1.14 bits per heavy atom. The molecule has 3 unspecified atom stereocenters. The van der Waals surface area contributed by atoms with Gasteiger partial charge in [0.1, 0.15) is 6.04 Å². The number of nitrogens with one attached hydrogen (secondary N) is 1. The Morgan fingerprint density at radius 3 is 2.68 bits per heavy atom. The number of rotatable bonds is 4. The third kappa shape index (κ3) is 3.12. The molecule has 1 aromatic carbocycles. The van der Waals surface area contributed by atoms with Crippen LogP contribution in [0.1, 0.15) is 38.5 Å². The van der Waals surface area contributed by atoms with Crippen LogP contribution in [0.4, 0.5) is 0 Å². The van der Waals surface area contributed by atoms with Crippen LogP contribution < -0.4 is 11.2 Å². The molecule has 1 aromatic heterocycles. The largest absolute Gasteiger partial charge is 0.480 e. The van der Waals surface area contributed by atoms with E-state index in [1.807, 2.05) is 0 Å². The molecule has 1 amide bonds. The molecule has 2 aliphatic rings. The maximum absolute atomic E-state index is 13.0. The van der Waals surface area contributed by atoms with Crippen LogP contribution in [-0.2, 0) is 16.1 Å². The summed E-state index contributed by atoms with van der Waals surface area (Å²) in [6.07, 6.45) is 4.40. The van der Waals surface area contributed by atoms with Crippen molar-refractivity contribution >= 4 is 22.8 Å². The van der Waals surface area contributed by atoms with E-state index in [0.29, 0.717) is 17.3 Å². The van der Waals surface area contributed by atoms with E-state index >= 15 is 0 Å². The molecule has 1 aliphatic heterocycles. The molecule has 0 radical (unpaired) electrons. The summed E-state index contributed by atoms with van der Waals surface area (Å²) in [6.45, 7) is 0.0924. The van der Waals surface area contributed by atoms with Gasteiger partial charge in [-0.2, -0.15) is 0 Å². The van der Waals surface area contributed by atoms with Crippen molar-refractivity contribution in [3.8, 4) is 0 Å². The van der Waals surface area contributed by atoms with E-state index in [-0.39, 0.29) is 30.8 Å². The second-order valence-electron chi connectivity index (χ2n) is 7.68. The number of hydrogen-bond donors (Lipinski definition) is 2. The van der Waals surface area contributed by atoms with E-state index < -0.39 is 23.3 Å². The van der Waals surface area contributed by atoms with Crippen LogP contribution in [0.3, 0.4) is 0 Å². The van der Waals surface area contributed by atoms with E-state index in [0.717, 1.165) is 25.7 Å². The summed E-state index contributed by atoms with van der Waals surface area (Å²) in [6, 6.07) is 5.93. The van der Waals surface area contributed by atoms with Gasteiger partial charge >= 0.3 is 11.7 Å². The molecule has 2 aromatic rings. The number of para-hydroxylation sites is 1. The second-order valence-corrected chi connectivity index (χ2v) is 7.68. The number of carbonyl (C=O) groups is 2. The number of nitrogens with zero attached hydrogens (tertiary/aromatic N) is 2. The van der Waals surface area contributed by atoms with Crippen molar-refractivity contribution < 1.29 is 14.7 Å². The summed E-state index contributed by atoms with van der Waals surface area (Å²) in [5.41, 5.74) is -0.558. The first kappa shape index (κ1) is 18.5. The molecular formula is C20H23N3O5. The van der Waals surface area contributed by atoms with Gasteiger partial charge in [-0.05, 0) is 37.3 Å². The third-order valence-corrected chi connectivity index (χ3v) is 6.12. The number of amides is 1. The zero-order valence-electron chi connectivity index (χ0n) is 15.5. The zero-order valence-corrected chi connectivity index (χ0v) is 15.5. The van der Waals surface area contributed by atoms with Gasteiger partial charge in [0.2, 0.25) is 5.91 Å². The first-order valence-corrected chi connectivity index (χ1v) is 9.73. The fourth-order valence-electron chi connectivity index (χ4n) is 4.84. The minimum atomic E-state index is -0.964. The highest BCUT2D eigenvalue weighted by atomic mass is 16.4. The van der Waals surface area contributed by atoms with Crippen molar-refractivity contribution in [1.29, 1.82) is 0 Å². The highest BCUT2D eigenvalue weighted by Gasteiger charge is 2.47. The van der Waals surface area contributed by atoms with Gasteiger partial charge < -0.3 is 10.0 Å². The third-order valence-electron chi connectivity index (χ3n) is 6.12. The maximum Gasteiger partial charge on any atom is 0.328 e. The molecule has 2 fully saturated rings. The summed E-state index contributed by atoms with van der Waals surface area (Å²) in [5, 5.41) is 9.97. The van der Waals surface area contributed by atoms with E-state index in [1.54, 1.807) is 29.2 Å². The van der Waals surface area contributed by atoms with Crippen LogP contribution in [0.15, 0.2) is 33.9 Å². The predicted molar refractivity (Wildman–Crippen MR) is 102 cm³/mol. The summed E-state index contributed by atoms with van der Waals surface area (Å²) >= 11 is 0. The van der Waals surface area contributed by atoms with E-state index in [1.165, 1.54) is 4.57 Å². The molecule has 148 valence electrons. The quantitative estimate of drug-likeness (QED) is 0.824. The lowest BCUT2D eigenvalue weighted by atomic mass is 9.84. The van der Waals surface area contributed by atoms with E-state index in [2.05, 4.69) is 4.98 Å². The van der Waals surface area contributed by atoms with E-state index in [4.69, 9.17) is 0 Å². The molecule has 1 saturated heterocycles. The number of carbonyl (C=O) groups excluding carboxylic acids is 1. The number of likely N-dealkylation sites (tertiary alicyclic amines) is 1. The van der Waals surface area contributed by atoms with Gasteiger partial charge in [-0.15, -0.1) is 0 Å². The highest BCUT2D eigenvalue weighted by molar-refractivity contribution is 5.85. The maximum atomic E-state index is 13.0. The Morgan fingerprint density at radius 2 is 1.89 bits per heavy atom. The van der Waals surface area contributed by atoms with Crippen LogP contribution in [0.5, 0.6) is 0 Å². The molecule has 3 atom stereocenters. The summed E-state index contributed by atoms with van der Waals surface area (Å²) in [5.74, 6) is -0.964. The molecule has 2 heterocycles. The van der Waals surface area contributed by atoms with Gasteiger partial charge in [-0.1, -0.05) is 25.0 Å². The van der Waals surface area contributed by atoms with Crippen LogP contribution in [0.2, 0.25) is 0 Å². The predicted octanol–water partition coefficient (Wildman–Crippen LogP) is 1.32. The van der Waals surface area contributed by atoms with Crippen molar-refractivity contribution in [2.75, 3.05) is 0 Å². The van der Waals surface area contributed by atoms with Crippen LogP contribution >= 0.6 is 0 Å². The zero-order chi connectivity index (χ0) is 19.8. The Balaban J connectivity index is 1.59. The average molecular weight is 385 g/mol. The number of aliphatic carboxylic acids is 1. The highest BCUT2D eigenvalue weighted by Crippen LogP contribution is 2.40. The number of carboxylic acid groups (broad SMARTS) is 1. The van der Waals surface area contributed by atoms with Crippen LogP contribution in [0.25, 0.3) is 10.9 Å².